The summed E-state index contributed by atoms with van der Waals surface area (Å²) in [7, 11) is -1.34. The normalized spacial score (nSPS) is 29.6. The molecule has 0 bridgehead atoms. The molecule has 1 atom stereocenters. The first-order valence-corrected chi connectivity index (χ1v) is 9.01. The van der Waals surface area contributed by atoms with E-state index in [-0.39, 0.29) is 18.4 Å². The van der Waals surface area contributed by atoms with Crippen molar-refractivity contribution in [1.82, 2.24) is 14.5 Å². The van der Waals surface area contributed by atoms with Gasteiger partial charge in [-0.2, -0.15) is 0 Å². The highest BCUT2D eigenvalue weighted by Gasteiger charge is 2.33. The van der Waals surface area contributed by atoms with Gasteiger partial charge in [-0.05, 0) is 44.3 Å². The third-order valence-electron chi connectivity index (χ3n) is 4.66. The van der Waals surface area contributed by atoms with Gasteiger partial charge in [0.15, 0.2) is 0 Å². The molecule has 0 spiro atoms. The zero-order valence-corrected chi connectivity index (χ0v) is 14.4. The third-order valence-corrected chi connectivity index (χ3v) is 6.00. The molecule has 0 amide bonds. The predicted octanol–water partition coefficient (Wildman–Crippen LogP) is 0.764. The smallest absolute Gasteiger partial charge is 0.211 e. The quantitative estimate of drug-likeness (QED) is 0.829. The van der Waals surface area contributed by atoms with Gasteiger partial charge >= 0.3 is 0 Å². The monoisotopic (exact) mass is 325 g/mol. The highest BCUT2D eigenvalue weighted by molar-refractivity contribution is 7.88. The summed E-state index contributed by atoms with van der Waals surface area (Å²) in [5.41, 5.74) is 0.398. The standard InChI is InChI=1S/C13H27N3O2S.ClH/c1-13(6-7-14-10-13)11-16-8-4-12(5-9-16)15(2)19(3,17)18;/h12,14H,4-11H2,1-3H3;1H. The minimum Gasteiger partial charge on any atom is -0.316 e. The number of piperidine rings is 1. The minimum absolute atomic E-state index is 0. The molecule has 7 heteroatoms. The summed E-state index contributed by atoms with van der Waals surface area (Å²) in [4.78, 5) is 2.50. The van der Waals surface area contributed by atoms with E-state index in [1.165, 1.54) is 12.7 Å². The van der Waals surface area contributed by atoms with Crippen LogP contribution >= 0.6 is 12.4 Å². The molecule has 1 unspecified atom stereocenters. The van der Waals surface area contributed by atoms with Gasteiger partial charge in [-0.3, -0.25) is 0 Å². The van der Waals surface area contributed by atoms with Crippen LogP contribution in [0.2, 0.25) is 0 Å². The summed E-state index contributed by atoms with van der Waals surface area (Å²) in [6, 6.07) is 0.181. The summed E-state index contributed by atoms with van der Waals surface area (Å²) in [6.45, 7) is 7.75. The number of nitrogens with one attached hydrogen (secondary N) is 1. The maximum absolute atomic E-state index is 11.5. The molecule has 0 radical (unpaired) electrons. The summed E-state index contributed by atoms with van der Waals surface area (Å²) >= 11 is 0. The van der Waals surface area contributed by atoms with Gasteiger partial charge in [0, 0.05) is 26.2 Å². The molecule has 0 saturated carbocycles. The number of nitrogens with zero attached hydrogens (tertiary/aromatic N) is 2. The molecular formula is C13H28ClN3O2S. The average Bonchev–Trinajstić information content (AvgIpc) is 2.75. The fourth-order valence-corrected chi connectivity index (χ4v) is 4.01. The number of rotatable bonds is 4. The molecule has 2 fully saturated rings. The summed E-state index contributed by atoms with van der Waals surface area (Å²) < 4.78 is 24.6. The molecule has 2 aliphatic heterocycles. The maximum atomic E-state index is 11.5. The maximum Gasteiger partial charge on any atom is 0.211 e. The number of likely N-dealkylation sites (tertiary alicyclic amines) is 1. The van der Waals surface area contributed by atoms with Gasteiger partial charge in [-0.1, -0.05) is 6.92 Å². The largest absolute Gasteiger partial charge is 0.316 e. The lowest BCUT2D eigenvalue weighted by Crippen LogP contribution is -2.48. The van der Waals surface area contributed by atoms with Crippen LogP contribution in [0.25, 0.3) is 0 Å². The molecule has 5 nitrogen and oxygen atoms in total. The van der Waals surface area contributed by atoms with Crippen molar-refractivity contribution in [3.8, 4) is 0 Å². The molecule has 2 aliphatic rings. The van der Waals surface area contributed by atoms with Crippen LogP contribution in [0, 0.1) is 5.41 Å². The Morgan fingerprint density at radius 2 is 1.95 bits per heavy atom. The molecule has 2 heterocycles. The van der Waals surface area contributed by atoms with Crippen LogP contribution in [0.15, 0.2) is 0 Å². The van der Waals surface area contributed by atoms with E-state index in [9.17, 15) is 8.42 Å². The molecular weight excluding hydrogens is 298 g/mol. The lowest BCUT2D eigenvalue weighted by Gasteiger charge is -2.39. The zero-order valence-electron chi connectivity index (χ0n) is 12.8. The van der Waals surface area contributed by atoms with Gasteiger partial charge in [-0.15, -0.1) is 12.4 Å². The van der Waals surface area contributed by atoms with E-state index in [4.69, 9.17) is 0 Å². The van der Waals surface area contributed by atoms with Crippen LogP contribution in [-0.4, -0.2) is 69.7 Å². The Bertz CT molecular complexity index is 402. The SMILES string of the molecule is CN(C1CCN(CC2(C)CCNC2)CC1)S(C)(=O)=O.Cl. The molecule has 1 N–H and O–H groups in total. The van der Waals surface area contributed by atoms with E-state index in [0.29, 0.717) is 5.41 Å². The summed E-state index contributed by atoms with van der Waals surface area (Å²) in [6.07, 6.45) is 4.45. The van der Waals surface area contributed by atoms with E-state index in [1.807, 2.05) is 0 Å². The Kier molecular flexibility index (Phi) is 6.29. The number of hydrogen-bond acceptors (Lipinski definition) is 4. The molecule has 2 saturated heterocycles. The molecule has 0 aromatic heterocycles. The summed E-state index contributed by atoms with van der Waals surface area (Å²) in [5.74, 6) is 0. The van der Waals surface area contributed by atoms with Crippen molar-refractivity contribution in [3.05, 3.63) is 0 Å². The minimum atomic E-state index is -3.05. The highest BCUT2D eigenvalue weighted by atomic mass is 35.5. The second kappa shape index (κ2) is 6.92. The fourth-order valence-electron chi connectivity index (χ4n) is 3.26. The van der Waals surface area contributed by atoms with Crippen LogP contribution in [0.5, 0.6) is 0 Å². The topological polar surface area (TPSA) is 52.6 Å². The van der Waals surface area contributed by atoms with Crippen LogP contribution in [0.1, 0.15) is 26.2 Å². The van der Waals surface area contributed by atoms with Gasteiger partial charge < -0.3 is 10.2 Å². The van der Waals surface area contributed by atoms with Crippen molar-refractivity contribution >= 4 is 22.4 Å². The highest BCUT2D eigenvalue weighted by Crippen LogP contribution is 2.27. The molecule has 20 heavy (non-hydrogen) atoms. The number of hydrogen-bond donors (Lipinski definition) is 1. The van der Waals surface area contributed by atoms with Gasteiger partial charge in [0.1, 0.15) is 0 Å². The molecule has 120 valence electrons. The Balaban J connectivity index is 0.00000200. The first-order chi connectivity index (χ1) is 8.80. The van der Waals surface area contributed by atoms with E-state index >= 15 is 0 Å². The van der Waals surface area contributed by atoms with E-state index in [0.717, 1.165) is 45.6 Å². The van der Waals surface area contributed by atoms with Crippen LogP contribution < -0.4 is 5.32 Å². The van der Waals surface area contributed by atoms with Crippen molar-refractivity contribution in [2.24, 2.45) is 5.41 Å². The van der Waals surface area contributed by atoms with Crippen LogP contribution in [-0.2, 0) is 10.0 Å². The van der Waals surface area contributed by atoms with Gasteiger partial charge in [0.2, 0.25) is 10.0 Å². The Morgan fingerprint density at radius 1 is 1.35 bits per heavy atom. The Hall–Kier alpha value is 0.120. The van der Waals surface area contributed by atoms with E-state index in [2.05, 4.69) is 17.1 Å². The molecule has 0 aliphatic carbocycles. The zero-order chi connectivity index (χ0) is 14.1. The number of halogens is 1. The van der Waals surface area contributed by atoms with Crippen molar-refractivity contribution in [2.45, 2.75) is 32.2 Å². The Labute approximate surface area is 129 Å². The van der Waals surface area contributed by atoms with Crippen molar-refractivity contribution < 1.29 is 8.42 Å². The Morgan fingerprint density at radius 3 is 2.40 bits per heavy atom. The van der Waals surface area contributed by atoms with Gasteiger partial charge in [0.25, 0.3) is 0 Å². The lowest BCUT2D eigenvalue weighted by molar-refractivity contribution is 0.122. The fraction of sp³-hybridized carbons (Fsp3) is 1.00. The molecule has 2 rings (SSSR count). The lowest BCUT2D eigenvalue weighted by atomic mass is 9.88. The van der Waals surface area contributed by atoms with E-state index < -0.39 is 10.0 Å². The van der Waals surface area contributed by atoms with Gasteiger partial charge in [0.05, 0.1) is 6.26 Å². The molecule has 0 aromatic carbocycles. The average molecular weight is 326 g/mol. The molecule has 0 aromatic rings. The van der Waals surface area contributed by atoms with Crippen molar-refractivity contribution in [3.63, 3.8) is 0 Å². The predicted molar refractivity (Wildman–Crippen MR) is 84.9 cm³/mol. The van der Waals surface area contributed by atoms with Crippen molar-refractivity contribution in [2.75, 3.05) is 46.0 Å². The second-order valence-corrected chi connectivity index (χ2v) is 8.57. The first-order valence-electron chi connectivity index (χ1n) is 7.16. The second-order valence-electron chi connectivity index (χ2n) is 6.52. The van der Waals surface area contributed by atoms with E-state index in [1.54, 1.807) is 11.4 Å². The van der Waals surface area contributed by atoms with Crippen LogP contribution in [0.3, 0.4) is 0 Å². The van der Waals surface area contributed by atoms with Gasteiger partial charge in [-0.25, -0.2) is 12.7 Å². The van der Waals surface area contributed by atoms with Crippen molar-refractivity contribution in [1.29, 1.82) is 0 Å². The first kappa shape index (κ1) is 18.2. The number of sulfonamides is 1. The third kappa shape index (κ3) is 4.56. The van der Waals surface area contributed by atoms with Crippen LogP contribution in [0.4, 0.5) is 0 Å². The summed E-state index contributed by atoms with van der Waals surface area (Å²) in [5, 5.41) is 3.44.